The van der Waals surface area contributed by atoms with Crippen LogP contribution in [0.3, 0.4) is 0 Å². The molecule has 0 radical (unpaired) electrons. The van der Waals surface area contributed by atoms with Crippen molar-refractivity contribution in [2.75, 3.05) is 53.5 Å². The lowest BCUT2D eigenvalue weighted by Gasteiger charge is -2.15. The quantitative estimate of drug-likeness (QED) is 0.506. The van der Waals surface area contributed by atoms with E-state index in [1.165, 1.54) is 6.07 Å². The van der Waals surface area contributed by atoms with Gasteiger partial charge in [0.05, 0.1) is 13.2 Å². The number of hydrogen-bond donors (Lipinski definition) is 2. The average Bonchev–Trinajstić information content (AvgIpc) is 2.53. The summed E-state index contributed by atoms with van der Waals surface area (Å²) in [4.78, 5) is 6.73. The van der Waals surface area contributed by atoms with Crippen LogP contribution in [-0.2, 0) is 11.2 Å². The number of nitrogens with zero attached hydrogens (tertiary/aromatic N) is 2. The number of halogens is 1. The van der Waals surface area contributed by atoms with Crippen LogP contribution in [0.1, 0.15) is 12.5 Å². The summed E-state index contributed by atoms with van der Waals surface area (Å²) in [5.41, 5.74) is 0.979. The minimum Gasteiger partial charge on any atom is -0.383 e. The van der Waals surface area contributed by atoms with Gasteiger partial charge in [0.2, 0.25) is 0 Å². The molecule has 0 aliphatic carbocycles. The van der Waals surface area contributed by atoms with Gasteiger partial charge in [-0.1, -0.05) is 12.1 Å². The summed E-state index contributed by atoms with van der Waals surface area (Å²) in [6, 6.07) is 6.69. The molecule has 0 aromatic heterocycles. The van der Waals surface area contributed by atoms with Crippen molar-refractivity contribution >= 4 is 5.96 Å². The van der Waals surface area contributed by atoms with Crippen LogP contribution < -0.4 is 10.6 Å². The monoisotopic (exact) mass is 324 g/mol. The zero-order chi connectivity index (χ0) is 16.9. The molecule has 0 heterocycles. The highest BCUT2D eigenvalue weighted by molar-refractivity contribution is 5.79. The topological polar surface area (TPSA) is 48.9 Å². The van der Waals surface area contributed by atoms with E-state index < -0.39 is 0 Å². The smallest absolute Gasteiger partial charge is 0.191 e. The van der Waals surface area contributed by atoms with Crippen molar-refractivity contribution < 1.29 is 9.13 Å². The number of nitrogens with one attached hydrogen (secondary N) is 2. The molecule has 0 atom stereocenters. The maximum Gasteiger partial charge on any atom is 0.191 e. The zero-order valence-electron chi connectivity index (χ0n) is 14.4. The summed E-state index contributed by atoms with van der Waals surface area (Å²) in [5.74, 6) is 0.603. The van der Waals surface area contributed by atoms with Gasteiger partial charge in [0.15, 0.2) is 5.96 Å². The van der Waals surface area contributed by atoms with Crippen LogP contribution in [-0.4, -0.2) is 64.3 Å². The molecule has 0 saturated carbocycles. The highest BCUT2D eigenvalue weighted by Gasteiger charge is 2.00. The Kier molecular flexibility index (Phi) is 9.99. The van der Waals surface area contributed by atoms with Crippen LogP contribution in [0.15, 0.2) is 29.3 Å². The van der Waals surface area contributed by atoms with Gasteiger partial charge in [-0.05, 0) is 38.1 Å². The Morgan fingerprint density at radius 2 is 2.13 bits per heavy atom. The molecule has 23 heavy (non-hydrogen) atoms. The number of hydrogen-bond acceptors (Lipinski definition) is 3. The Labute approximate surface area is 138 Å². The van der Waals surface area contributed by atoms with E-state index in [-0.39, 0.29) is 5.82 Å². The summed E-state index contributed by atoms with van der Waals surface area (Å²) in [6.07, 6.45) is 0.760. The molecule has 0 spiro atoms. The van der Waals surface area contributed by atoms with Gasteiger partial charge in [0, 0.05) is 33.3 Å². The molecule has 0 unspecified atom stereocenters. The van der Waals surface area contributed by atoms with E-state index in [0.717, 1.165) is 57.3 Å². The van der Waals surface area contributed by atoms with Gasteiger partial charge < -0.3 is 20.3 Å². The molecule has 0 aliphatic rings. The van der Waals surface area contributed by atoms with Gasteiger partial charge in [-0.15, -0.1) is 0 Å². The molecular weight excluding hydrogens is 295 g/mol. The molecule has 130 valence electrons. The number of guanidine groups is 1. The molecule has 0 aliphatic heterocycles. The molecule has 1 aromatic carbocycles. The van der Waals surface area contributed by atoms with Crippen molar-refractivity contribution in [2.24, 2.45) is 4.99 Å². The predicted octanol–water partition coefficient (Wildman–Crippen LogP) is 1.50. The average molecular weight is 324 g/mol. The number of aliphatic imine (C=N–C) groups is 1. The maximum absolute atomic E-state index is 13.1. The Hall–Kier alpha value is -1.66. The van der Waals surface area contributed by atoms with E-state index in [0.29, 0.717) is 0 Å². The van der Waals surface area contributed by atoms with Crippen LogP contribution in [0.25, 0.3) is 0 Å². The minimum atomic E-state index is -0.192. The standard InChI is InChI=1S/C17H29FN4O/c1-4-19-17(21-10-11-22(2)12-13-23-3)20-9-8-15-6-5-7-16(18)14-15/h5-7,14H,4,8-13H2,1-3H3,(H2,19,20,21). The Balaban J connectivity index is 2.34. The molecule has 6 heteroatoms. The van der Waals surface area contributed by atoms with Gasteiger partial charge in [0.1, 0.15) is 5.82 Å². The van der Waals surface area contributed by atoms with Crippen LogP contribution in [0, 0.1) is 5.82 Å². The lowest BCUT2D eigenvalue weighted by Crippen LogP contribution is -2.39. The largest absolute Gasteiger partial charge is 0.383 e. The normalized spacial score (nSPS) is 11.8. The molecule has 0 saturated heterocycles. The SMILES string of the molecule is CCNC(=NCCN(C)CCOC)NCCc1cccc(F)c1. The summed E-state index contributed by atoms with van der Waals surface area (Å²) in [6.45, 7) is 6.79. The second-order valence-corrected chi connectivity index (χ2v) is 5.36. The van der Waals surface area contributed by atoms with Crippen molar-refractivity contribution in [2.45, 2.75) is 13.3 Å². The van der Waals surface area contributed by atoms with Crippen molar-refractivity contribution in [1.82, 2.24) is 15.5 Å². The van der Waals surface area contributed by atoms with E-state index in [1.54, 1.807) is 19.2 Å². The fraction of sp³-hybridized carbons (Fsp3) is 0.588. The van der Waals surface area contributed by atoms with Gasteiger partial charge in [-0.25, -0.2) is 4.39 Å². The van der Waals surface area contributed by atoms with E-state index >= 15 is 0 Å². The van der Waals surface area contributed by atoms with Gasteiger partial charge in [-0.3, -0.25) is 4.99 Å². The molecular formula is C17H29FN4O. The molecule has 5 nitrogen and oxygen atoms in total. The van der Waals surface area contributed by atoms with Crippen LogP contribution >= 0.6 is 0 Å². The number of methoxy groups -OCH3 is 1. The first kappa shape index (κ1) is 19.4. The Morgan fingerprint density at radius 1 is 1.30 bits per heavy atom. The molecule has 1 aromatic rings. The lowest BCUT2D eigenvalue weighted by atomic mass is 10.1. The molecule has 0 amide bonds. The van der Waals surface area contributed by atoms with Crippen molar-refractivity contribution in [1.29, 1.82) is 0 Å². The molecule has 1 rings (SSSR count). The Morgan fingerprint density at radius 3 is 2.83 bits per heavy atom. The van der Waals surface area contributed by atoms with Crippen molar-refractivity contribution in [3.63, 3.8) is 0 Å². The van der Waals surface area contributed by atoms with E-state index in [2.05, 4.69) is 27.6 Å². The lowest BCUT2D eigenvalue weighted by molar-refractivity contribution is 0.163. The third-order valence-corrected chi connectivity index (χ3v) is 3.37. The number of ether oxygens (including phenoxy) is 1. The summed E-state index contributed by atoms with van der Waals surface area (Å²) < 4.78 is 18.2. The maximum atomic E-state index is 13.1. The van der Waals surface area contributed by atoms with Gasteiger partial charge >= 0.3 is 0 Å². The van der Waals surface area contributed by atoms with Crippen LogP contribution in [0.4, 0.5) is 4.39 Å². The molecule has 2 N–H and O–H groups in total. The van der Waals surface area contributed by atoms with Gasteiger partial charge in [-0.2, -0.15) is 0 Å². The predicted molar refractivity (Wildman–Crippen MR) is 93.5 cm³/mol. The van der Waals surface area contributed by atoms with Crippen LogP contribution in [0.2, 0.25) is 0 Å². The molecule has 0 fully saturated rings. The van der Waals surface area contributed by atoms with E-state index in [1.807, 2.05) is 13.0 Å². The van der Waals surface area contributed by atoms with E-state index in [9.17, 15) is 4.39 Å². The zero-order valence-corrected chi connectivity index (χ0v) is 14.4. The number of benzene rings is 1. The summed E-state index contributed by atoms with van der Waals surface area (Å²) >= 11 is 0. The van der Waals surface area contributed by atoms with Crippen molar-refractivity contribution in [3.8, 4) is 0 Å². The second kappa shape index (κ2) is 11.8. The number of rotatable bonds is 10. The minimum absolute atomic E-state index is 0.192. The third kappa shape index (κ3) is 9.15. The van der Waals surface area contributed by atoms with Gasteiger partial charge in [0.25, 0.3) is 0 Å². The van der Waals surface area contributed by atoms with Crippen LogP contribution in [0.5, 0.6) is 0 Å². The van der Waals surface area contributed by atoms with E-state index in [4.69, 9.17) is 4.74 Å². The molecule has 0 bridgehead atoms. The fourth-order valence-corrected chi connectivity index (χ4v) is 2.05. The highest BCUT2D eigenvalue weighted by atomic mass is 19.1. The second-order valence-electron chi connectivity index (χ2n) is 5.36. The fourth-order valence-electron chi connectivity index (χ4n) is 2.05. The first-order chi connectivity index (χ1) is 11.2. The first-order valence-corrected chi connectivity index (χ1v) is 8.09. The summed E-state index contributed by atoms with van der Waals surface area (Å²) in [5, 5.41) is 6.50. The first-order valence-electron chi connectivity index (χ1n) is 8.09. The Bertz CT molecular complexity index is 468. The summed E-state index contributed by atoms with van der Waals surface area (Å²) in [7, 11) is 3.76. The van der Waals surface area contributed by atoms with Crippen molar-refractivity contribution in [3.05, 3.63) is 35.6 Å². The highest BCUT2D eigenvalue weighted by Crippen LogP contribution is 2.03. The third-order valence-electron chi connectivity index (χ3n) is 3.37. The number of likely N-dealkylation sites (N-methyl/N-ethyl adjacent to an activating group) is 1.